The van der Waals surface area contributed by atoms with E-state index in [-0.39, 0.29) is 30.6 Å². The van der Waals surface area contributed by atoms with E-state index >= 15 is 0 Å². The van der Waals surface area contributed by atoms with Crippen LogP contribution in [0.2, 0.25) is 0 Å². The molecule has 0 amide bonds. The highest BCUT2D eigenvalue weighted by Gasteiger charge is 2.30. The van der Waals surface area contributed by atoms with Crippen molar-refractivity contribution >= 4 is 17.8 Å². The zero-order valence-electron chi connectivity index (χ0n) is 14.7. The molecule has 2 aromatic rings. The molecule has 0 saturated carbocycles. The Bertz CT molecular complexity index is 928. The lowest BCUT2D eigenvalue weighted by Crippen LogP contribution is -2.14. The fraction of sp³-hybridized carbons (Fsp3) is 0.143. The molecule has 0 radical (unpaired) electrons. The van der Waals surface area contributed by atoms with Gasteiger partial charge in [0, 0.05) is 6.07 Å². The maximum Gasteiger partial charge on any atom is 0.344 e. The summed E-state index contributed by atoms with van der Waals surface area (Å²) >= 11 is 0. The van der Waals surface area contributed by atoms with Gasteiger partial charge in [0.2, 0.25) is 5.78 Å². The van der Waals surface area contributed by atoms with E-state index in [1.54, 1.807) is 37.3 Å². The Morgan fingerprint density at radius 2 is 2.00 bits per heavy atom. The Morgan fingerprint density at radius 3 is 2.70 bits per heavy atom. The zero-order valence-corrected chi connectivity index (χ0v) is 14.7. The standard InChI is InChI=1S/C21H17FO5/c1-3-8-25-19(23)12-26-16-9-13(2)20-17(11-16)27-18(21(20)24)10-14-4-6-15(22)7-5-14/h3-7,9-11H,1,8,12H2,2H3/b18-10-. The minimum Gasteiger partial charge on any atom is -0.482 e. The second kappa shape index (κ2) is 7.86. The topological polar surface area (TPSA) is 61.8 Å². The lowest BCUT2D eigenvalue weighted by Gasteiger charge is -2.08. The number of ether oxygens (including phenoxy) is 3. The maximum absolute atomic E-state index is 13.0. The third-order valence-electron chi connectivity index (χ3n) is 3.83. The Morgan fingerprint density at radius 1 is 1.26 bits per heavy atom. The average Bonchev–Trinajstić information content (AvgIpc) is 2.96. The number of carbonyl (C=O) groups is 2. The second-order valence-electron chi connectivity index (χ2n) is 5.86. The van der Waals surface area contributed by atoms with Crippen LogP contribution in [0.15, 0.2) is 54.8 Å². The minimum atomic E-state index is -0.526. The van der Waals surface area contributed by atoms with Crippen LogP contribution in [-0.4, -0.2) is 25.0 Å². The summed E-state index contributed by atoms with van der Waals surface area (Å²) in [4.78, 5) is 24.1. The number of esters is 1. The van der Waals surface area contributed by atoms with Gasteiger partial charge in [0.25, 0.3) is 0 Å². The van der Waals surface area contributed by atoms with Gasteiger partial charge >= 0.3 is 5.97 Å². The molecule has 0 bridgehead atoms. The molecule has 1 aliphatic heterocycles. The minimum absolute atomic E-state index is 0.112. The molecule has 0 aliphatic carbocycles. The first-order chi connectivity index (χ1) is 13.0. The summed E-state index contributed by atoms with van der Waals surface area (Å²) in [5.41, 5.74) is 1.74. The van der Waals surface area contributed by atoms with E-state index in [9.17, 15) is 14.0 Å². The molecule has 0 aromatic heterocycles. The number of ketones is 1. The van der Waals surface area contributed by atoms with Crippen molar-refractivity contribution in [1.29, 1.82) is 0 Å². The van der Waals surface area contributed by atoms with Crippen LogP contribution in [0.3, 0.4) is 0 Å². The van der Waals surface area contributed by atoms with Crippen molar-refractivity contribution in [3.05, 3.63) is 77.3 Å². The first kappa shape index (κ1) is 18.4. The van der Waals surface area contributed by atoms with Crippen LogP contribution in [0.4, 0.5) is 4.39 Å². The van der Waals surface area contributed by atoms with Gasteiger partial charge in [-0.25, -0.2) is 9.18 Å². The molecule has 138 valence electrons. The zero-order chi connectivity index (χ0) is 19.4. The molecular weight excluding hydrogens is 351 g/mol. The predicted molar refractivity (Wildman–Crippen MR) is 97.2 cm³/mol. The molecule has 1 aliphatic rings. The molecule has 1 heterocycles. The number of benzene rings is 2. The summed E-state index contributed by atoms with van der Waals surface area (Å²) in [5, 5.41) is 0. The number of Topliss-reactive ketones (excluding diaryl/α,β-unsaturated/α-hetero) is 1. The quantitative estimate of drug-likeness (QED) is 0.440. The number of halogens is 1. The molecule has 5 nitrogen and oxygen atoms in total. The molecule has 0 atom stereocenters. The normalized spacial score (nSPS) is 13.9. The van der Waals surface area contributed by atoms with Crippen molar-refractivity contribution in [2.75, 3.05) is 13.2 Å². The Kier molecular flexibility index (Phi) is 5.35. The van der Waals surface area contributed by atoms with Crippen LogP contribution in [0, 0.1) is 12.7 Å². The van der Waals surface area contributed by atoms with Gasteiger partial charge < -0.3 is 14.2 Å². The SMILES string of the molecule is C=CCOC(=O)COc1cc(C)c2c(c1)O/C(=C\c1ccc(F)cc1)C2=O. The van der Waals surface area contributed by atoms with Gasteiger partial charge in [-0.2, -0.15) is 0 Å². The van der Waals surface area contributed by atoms with E-state index in [0.717, 1.165) is 0 Å². The van der Waals surface area contributed by atoms with Crippen LogP contribution >= 0.6 is 0 Å². The number of hydrogen-bond acceptors (Lipinski definition) is 5. The molecule has 6 heteroatoms. The molecule has 2 aromatic carbocycles. The molecule has 0 N–H and O–H groups in total. The number of aryl methyl sites for hydroxylation is 1. The number of allylic oxidation sites excluding steroid dienone is 1. The summed E-state index contributed by atoms with van der Waals surface area (Å²) in [7, 11) is 0. The first-order valence-electron chi connectivity index (χ1n) is 8.21. The third-order valence-corrected chi connectivity index (χ3v) is 3.83. The average molecular weight is 368 g/mol. The number of rotatable bonds is 6. The molecular formula is C21H17FO5. The van der Waals surface area contributed by atoms with Crippen LogP contribution in [-0.2, 0) is 9.53 Å². The Labute approximate surface area is 155 Å². The molecule has 0 spiro atoms. The summed E-state index contributed by atoms with van der Waals surface area (Å²) in [5.74, 6) is -0.267. The fourth-order valence-corrected chi connectivity index (χ4v) is 2.61. The number of fused-ring (bicyclic) bond motifs is 1. The Hall–Kier alpha value is -3.41. The molecule has 3 rings (SSSR count). The number of hydrogen-bond donors (Lipinski definition) is 0. The van der Waals surface area contributed by atoms with Crippen LogP contribution in [0.25, 0.3) is 6.08 Å². The molecule has 0 saturated heterocycles. The number of carbonyl (C=O) groups excluding carboxylic acids is 2. The van der Waals surface area contributed by atoms with Gasteiger partial charge in [-0.3, -0.25) is 4.79 Å². The maximum atomic E-state index is 13.0. The summed E-state index contributed by atoms with van der Waals surface area (Å²) < 4.78 is 28.9. The fourth-order valence-electron chi connectivity index (χ4n) is 2.61. The van der Waals surface area contributed by atoms with Gasteiger partial charge in [0.15, 0.2) is 12.4 Å². The third kappa shape index (κ3) is 4.23. The summed E-state index contributed by atoms with van der Waals surface area (Å²) in [6.07, 6.45) is 3.01. The summed E-state index contributed by atoms with van der Waals surface area (Å²) in [6.45, 7) is 5.06. The highest BCUT2D eigenvalue weighted by Crippen LogP contribution is 2.37. The van der Waals surface area contributed by atoms with Gasteiger partial charge in [-0.05, 0) is 42.3 Å². The van der Waals surface area contributed by atoms with Crippen LogP contribution < -0.4 is 9.47 Å². The van der Waals surface area contributed by atoms with Crippen molar-refractivity contribution in [1.82, 2.24) is 0 Å². The van der Waals surface area contributed by atoms with Gasteiger partial charge in [0.05, 0.1) is 5.56 Å². The molecule has 0 fully saturated rings. The van der Waals surface area contributed by atoms with Crippen LogP contribution in [0.5, 0.6) is 11.5 Å². The van der Waals surface area contributed by atoms with Gasteiger partial charge in [-0.1, -0.05) is 24.8 Å². The molecule has 27 heavy (non-hydrogen) atoms. The van der Waals surface area contributed by atoms with E-state index < -0.39 is 5.97 Å². The van der Waals surface area contributed by atoms with E-state index in [4.69, 9.17) is 14.2 Å². The monoisotopic (exact) mass is 368 g/mol. The van der Waals surface area contributed by atoms with Crippen molar-refractivity contribution in [3.8, 4) is 11.5 Å². The highest BCUT2D eigenvalue weighted by atomic mass is 19.1. The lowest BCUT2D eigenvalue weighted by atomic mass is 10.0. The van der Waals surface area contributed by atoms with Crippen molar-refractivity contribution in [3.63, 3.8) is 0 Å². The van der Waals surface area contributed by atoms with E-state index in [0.29, 0.717) is 28.2 Å². The van der Waals surface area contributed by atoms with E-state index in [2.05, 4.69) is 6.58 Å². The van der Waals surface area contributed by atoms with Crippen molar-refractivity contribution < 1.29 is 28.2 Å². The highest BCUT2D eigenvalue weighted by molar-refractivity contribution is 6.15. The molecule has 0 unspecified atom stereocenters. The van der Waals surface area contributed by atoms with Gasteiger partial charge in [-0.15, -0.1) is 0 Å². The van der Waals surface area contributed by atoms with Crippen molar-refractivity contribution in [2.24, 2.45) is 0 Å². The van der Waals surface area contributed by atoms with E-state index in [1.165, 1.54) is 18.2 Å². The van der Waals surface area contributed by atoms with Crippen LogP contribution in [0.1, 0.15) is 21.5 Å². The second-order valence-corrected chi connectivity index (χ2v) is 5.86. The van der Waals surface area contributed by atoms with E-state index in [1.807, 2.05) is 0 Å². The smallest absolute Gasteiger partial charge is 0.344 e. The lowest BCUT2D eigenvalue weighted by molar-refractivity contribution is -0.144. The van der Waals surface area contributed by atoms with Gasteiger partial charge in [0.1, 0.15) is 23.9 Å². The first-order valence-corrected chi connectivity index (χ1v) is 8.21. The predicted octanol–water partition coefficient (Wildman–Crippen LogP) is 3.86. The summed E-state index contributed by atoms with van der Waals surface area (Å²) in [6, 6.07) is 8.92. The Balaban J connectivity index is 1.77. The largest absolute Gasteiger partial charge is 0.482 e. The van der Waals surface area contributed by atoms with Crippen molar-refractivity contribution in [2.45, 2.75) is 6.92 Å².